The van der Waals surface area contributed by atoms with Crippen molar-refractivity contribution in [1.29, 1.82) is 0 Å². The van der Waals surface area contributed by atoms with Crippen LogP contribution in [0.4, 0.5) is 8.78 Å². The van der Waals surface area contributed by atoms with Gasteiger partial charge in [0.15, 0.2) is 17.3 Å². The lowest BCUT2D eigenvalue weighted by Crippen LogP contribution is -2.04. The highest BCUT2D eigenvalue weighted by Gasteiger charge is 2.16. The van der Waals surface area contributed by atoms with E-state index in [2.05, 4.69) is 10.1 Å². The second-order valence-corrected chi connectivity index (χ2v) is 4.49. The molecular formula is C14H11F2N3O. The van der Waals surface area contributed by atoms with Gasteiger partial charge in [0.25, 0.3) is 0 Å². The summed E-state index contributed by atoms with van der Waals surface area (Å²) in [5.41, 5.74) is 1.64. The van der Waals surface area contributed by atoms with Crippen molar-refractivity contribution < 1.29 is 13.9 Å². The average Bonchev–Trinajstić information content (AvgIpc) is 2.87. The van der Waals surface area contributed by atoms with Gasteiger partial charge in [-0.05, 0) is 18.6 Å². The minimum absolute atomic E-state index is 0.0457. The molecule has 0 fully saturated rings. The molecule has 0 amide bonds. The van der Waals surface area contributed by atoms with E-state index in [0.29, 0.717) is 16.9 Å². The Morgan fingerprint density at radius 3 is 2.85 bits per heavy atom. The van der Waals surface area contributed by atoms with Gasteiger partial charge in [-0.15, -0.1) is 0 Å². The minimum Gasteiger partial charge on any atom is -0.493 e. The molecule has 2 aromatic heterocycles. The Labute approximate surface area is 113 Å². The number of fused-ring (bicyclic) bond motifs is 1. The molecule has 1 N–H and O–H groups in total. The Hall–Kier alpha value is -2.50. The average molecular weight is 275 g/mol. The zero-order valence-electron chi connectivity index (χ0n) is 10.6. The number of aromatic nitrogens is 3. The van der Waals surface area contributed by atoms with Gasteiger partial charge in [-0.3, -0.25) is 0 Å². The summed E-state index contributed by atoms with van der Waals surface area (Å²) in [6, 6.07) is 5.62. The highest BCUT2D eigenvalue weighted by atomic mass is 19.2. The summed E-state index contributed by atoms with van der Waals surface area (Å²) in [6.45, 7) is 1.71. The molecule has 4 nitrogen and oxygen atoms in total. The summed E-state index contributed by atoms with van der Waals surface area (Å²) in [4.78, 5) is 4.27. The number of benzene rings is 1. The summed E-state index contributed by atoms with van der Waals surface area (Å²) >= 11 is 0. The topological polar surface area (TPSA) is 50.4 Å². The van der Waals surface area contributed by atoms with E-state index in [9.17, 15) is 13.9 Å². The molecular weight excluding hydrogens is 264 g/mol. The molecule has 0 unspecified atom stereocenters. The number of hydrogen-bond donors (Lipinski definition) is 1. The number of aromatic hydroxyl groups is 1. The van der Waals surface area contributed by atoms with Gasteiger partial charge in [-0.25, -0.2) is 13.8 Å². The van der Waals surface area contributed by atoms with Gasteiger partial charge in [0, 0.05) is 23.7 Å². The van der Waals surface area contributed by atoms with Crippen LogP contribution in [0.5, 0.6) is 5.88 Å². The number of halogens is 2. The Balaban J connectivity index is 2.13. The summed E-state index contributed by atoms with van der Waals surface area (Å²) in [5, 5.41) is 14.1. The summed E-state index contributed by atoms with van der Waals surface area (Å²) < 4.78 is 28.2. The fraction of sp³-hybridized carbons (Fsp3) is 0.143. The van der Waals surface area contributed by atoms with E-state index in [0.717, 1.165) is 6.07 Å². The predicted octanol–water partition coefficient (Wildman–Crippen LogP) is 2.61. The van der Waals surface area contributed by atoms with E-state index in [1.807, 2.05) is 0 Å². The molecule has 0 aliphatic carbocycles. The molecule has 0 radical (unpaired) electrons. The Morgan fingerprint density at radius 1 is 1.25 bits per heavy atom. The van der Waals surface area contributed by atoms with Crippen LogP contribution in [0.15, 0.2) is 30.5 Å². The Morgan fingerprint density at radius 2 is 2.05 bits per heavy atom. The van der Waals surface area contributed by atoms with Crippen LogP contribution in [-0.2, 0) is 6.42 Å². The molecule has 0 saturated carbocycles. The van der Waals surface area contributed by atoms with Crippen LogP contribution in [0.1, 0.15) is 16.8 Å². The number of aryl methyl sites for hydroxylation is 1. The van der Waals surface area contributed by atoms with Crippen molar-refractivity contribution in [1.82, 2.24) is 14.6 Å². The van der Waals surface area contributed by atoms with Crippen molar-refractivity contribution in [3.8, 4) is 5.88 Å². The molecule has 0 atom stereocenters. The molecule has 0 bridgehead atoms. The van der Waals surface area contributed by atoms with Crippen LogP contribution < -0.4 is 0 Å². The normalized spacial score (nSPS) is 11.2. The lowest BCUT2D eigenvalue weighted by Gasteiger charge is -2.10. The Kier molecular flexibility index (Phi) is 2.85. The third-order valence-corrected chi connectivity index (χ3v) is 3.21. The first-order chi connectivity index (χ1) is 9.58. The van der Waals surface area contributed by atoms with Gasteiger partial charge in [0.1, 0.15) is 0 Å². The maximum absolute atomic E-state index is 13.7. The summed E-state index contributed by atoms with van der Waals surface area (Å²) in [7, 11) is 0. The first kappa shape index (κ1) is 12.5. The highest BCUT2D eigenvalue weighted by molar-refractivity contribution is 5.46. The first-order valence-corrected chi connectivity index (χ1v) is 6.03. The van der Waals surface area contributed by atoms with E-state index >= 15 is 0 Å². The fourth-order valence-corrected chi connectivity index (χ4v) is 2.16. The largest absolute Gasteiger partial charge is 0.493 e. The quantitative estimate of drug-likeness (QED) is 0.782. The third kappa shape index (κ3) is 1.89. The predicted molar refractivity (Wildman–Crippen MR) is 68.6 cm³/mol. The molecule has 1 aromatic carbocycles. The van der Waals surface area contributed by atoms with Crippen molar-refractivity contribution in [2.45, 2.75) is 13.3 Å². The maximum atomic E-state index is 13.7. The first-order valence-electron chi connectivity index (χ1n) is 6.03. The zero-order valence-corrected chi connectivity index (χ0v) is 10.6. The Bertz CT molecular complexity index is 798. The molecule has 0 aliphatic heterocycles. The fourth-order valence-electron chi connectivity index (χ4n) is 2.16. The molecule has 3 aromatic rings. The van der Waals surface area contributed by atoms with Crippen molar-refractivity contribution >= 4 is 5.65 Å². The zero-order chi connectivity index (χ0) is 14.3. The molecule has 3 rings (SSSR count). The van der Waals surface area contributed by atoms with Gasteiger partial charge in [-0.2, -0.15) is 9.61 Å². The maximum Gasteiger partial charge on any atom is 0.219 e. The number of hydrogen-bond acceptors (Lipinski definition) is 3. The van der Waals surface area contributed by atoms with Gasteiger partial charge in [0.2, 0.25) is 5.88 Å². The van der Waals surface area contributed by atoms with Gasteiger partial charge in [-0.1, -0.05) is 12.1 Å². The highest BCUT2D eigenvalue weighted by Crippen LogP contribution is 2.25. The van der Waals surface area contributed by atoms with Crippen LogP contribution in [0.25, 0.3) is 5.65 Å². The standard InChI is InChI=1S/C14H11F2N3O/c1-8-10(7-9-3-2-4-11(15)13(9)16)14(20)19-12(18-8)5-6-17-19/h2-6,20H,7H2,1H3. The van der Waals surface area contributed by atoms with E-state index in [1.54, 1.807) is 13.0 Å². The number of nitrogens with zero attached hydrogens (tertiary/aromatic N) is 3. The van der Waals surface area contributed by atoms with E-state index < -0.39 is 11.6 Å². The van der Waals surface area contributed by atoms with Crippen LogP contribution in [0, 0.1) is 18.6 Å². The summed E-state index contributed by atoms with van der Waals surface area (Å²) in [5.74, 6) is -1.93. The van der Waals surface area contributed by atoms with E-state index in [1.165, 1.54) is 22.8 Å². The molecule has 2 heterocycles. The van der Waals surface area contributed by atoms with E-state index in [-0.39, 0.29) is 17.9 Å². The lowest BCUT2D eigenvalue weighted by atomic mass is 10.0. The van der Waals surface area contributed by atoms with Gasteiger partial charge >= 0.3 is 0 Å². The van der Waals surface area contributed by atoms with Crippen LogP contribution in [-0.4, -0.2) is 19.7 Å². The molecule has 0 spiro atoms. The molecule has 0 saturated heterocycles. The molecule has 0 aliphatic rings. The van der Waals surface area contributed by atoms with Crippen LogP contribution in [0.3, 0.4) is 0 Å². The van der Waals surface area contributed by atoms with Crippen LogP contribution in [0.2, 0.25) is 0 Å². The molecule has 6 heteroatoms. The minimum atomic E-state index is -0.910. The van der Waals surface area contributed by atoms with Crippen molar-refractivity contribution in [3.05, 3.63) is 58.9 Å². The third-order valence-electron chi connectivity index (χ3n) is 3.21. The SMILES string of the molecule is Cc1nc2ccnn2c(O)c1Cc1cccc(F)c1F. The van der Waals surface area contributed by atoms with Crippen LogP contribution >= 0.6 is 0 Å². The molecule has 102 valence electrons. The molecule has 20 heavy (non-hydrogen) atoms. The van der Waals surface area contributed by atoms with E-state index in [4.69, 9.17) is 0 Å². The smallest absolute Gasteiger partial charge is 0.219 e. The van der Waals surface area contributed by atoms with Crippen molar-refractivity contribution in [3.63, 3.8) is 0 Å². The number of rotatable bonds is 2. The summed E-state index contributed by atoms with van der Waals surface area (Å²) in [6.07, 6.45) is 1.55. The lowest BCUT2D eigenvalue weighted by molar-refractivity contribution is 0.427. The second-order valence-electron chi connectivity index (χ2n) is 4.49. The monoisotopic (exact) mass is 275 g/mol. The second kappa shape index (κ2) is 4.56. The van der Waals surface area contributed by atoms with Gasteiger partial charge in [0.05, 0.1) is 6.20 Å². The van der Waals surface area contributed by atoms with Crippen molar-refractivity contribution in [2.24, 2.45) is 0 Å². The van der Waals surface area contributed by atoms with Gasteiger partial charge < -0.3 is 5.11 Å². The van der Waals surface area contributed by atoms with Crippen molar-refractivity contribution in [2.75, 3.05) is 0 Å².